The molecular weight excluding hydrogens is 530 g/mol. The van der Waals surface area contributed by atoms with Gasteiger partial charge in [-0.2, -0.15) is 0 Å². The van der Waals surface area contributed by atoms with Crippen molar-refractivity contribution >= 4 is 39.0 Å². The van der Waals surface area contributed by atoms with E-state index in [2.05, 4.69) is 50.4 Å². The summed E-state index contributed by atoms with van der Waals surface area (Å²) in [5.74, 6) is 1.35. The first-order valence-electron chi connectivity index (χ1n) is 13.5. The smallest absolute Gasteiger partial charge is 0.214 e. The average molecular weight is 566 g/mol. The minimum absolute atomic E-state index is 0.000311. The molecule has 2 aromatic heterocycles. The molecule has 11 heteroatoms. The number of allylic oxidation sites excluding steroid dienone is 2. The van der Waals surface area contributed by atoms with Gasteiger partial charge in [0.25, 0.3) is 0 Å². The highest BCUT2D eigenvalue weighted by Crippen LogP contribution is 2.34. The second-order valence-corrected chi connectivity index (χ2v) is 13.3. The van der Waals surface area contributed by atoms with Gasteiger partial charge in [-0.3, -0.25) is 4.99 Å². The molecule has 0 amide bonds. The molecule has 1 aromatic carbocycles. The number of sulfonamides is 1. The molecule has 0 saturated heterocycles. The molecule has 39 heavy (non-hydrogen) atoms. The quantitative estimate of drug-likeness (QED) is 0.321. The minimum atomic E-state index is -3.17. The highest BCUT2D eigenvalue weighted by atomic mass is 32.2. The van der Waals surface area contributed by atoms with E-state index < -0.39 is 10.0 Å². The van der Waals surface area contributed by atoms with Gasteiger partial charge in [-0.05, 0) is 69.1 Å². The Labute approximate surface area is 234 Å². The van der Waals surface area contributed by atoms with E-state index in [1.54, 1.807) is 7.05 Å². The van der Waals surface area contributed by atoms with Crippen LogP contribution >= 0.6 is 11.3 Å². The van der Waals surface area contributed by atoms with E-state index in [1.807, 2.05) is 31.5 Å². The van der Waals surface area contributed by atoms with Crippen molar-refractivity contribution in [3.05, 3.63) is 47.1 Å². The van der Waals surface area contributed by atoms with Gasteiger partial charge >= 0.3 is 0 Å². The summed E-state index contributed by atoms with van der Waals surface area (Å²) in [5.41, 5.74) is 3.87. The van der Waals surface area contributed by atoms with Gasteiger partial charge in [0.2, 0.25) is 10.0 Å². The van der Waals surface area contributed by atoms with E-state index in [-0.39, 0.29) is 17.3 Å². The molecule has 2 saturated carbocycles. The molecule has 206 valence electrons. The van der Waals surface area contributed by atoms with Crippen molar-refractivity contribution < 1.29 is 8.42 Å². The molecule has 2 N–H and O–H groups in total. The van der Waals surface area contributed by atoms with Gasteiger partial charge in [-0.15, -0.1) is 10.2 Å². The van der Waals surface area contributed by atoms with Crippen LogP contribution in [0, 0.1) is 6.92 Å². The fourth-order valence-corrected chi connectivity index (χ4v) is 7.24. The molecular formula is C28H35N7O2S2. The van der Waals surface area contributed by atoms with Gasteiger partial charge < -0.3 is 5.32 Å². The number of rotatable bonds is 10. The molecule has 5 rings (SSSR count). The third-order valence-corrected chi connectivity index (χ3v) is 9.94. The van der Waals surface area contributed by atoms with E-state index in [0.717, 1.165) is 83.0 Å². The first-order chi connectivity index (χ1) is 18.9. The molecule has 0 unspecified atom stereocenters. The van der Waals surface area contributed by atoms with E-state index >= 15 is 0 Å². The number of aryl methyl sites for hydroxylation is 1. The zero-order valence-corrected chi connectivity index (χ0v) is 24.2. The molecule has 3 aromatic rings. The lowest BCUT2D eigenvalue weighted by Crippen LogP contribution is -2.41. The SMILES string of the molecule is CC/C=C(\C=NC)c1cccc(-c2ncc(-c3nnc(C)s3)c(NC3CCC(NS(=O)(=O)C4CC4)CC3)n2)c1. The van der Waals surface area contributed by atoms with E-state index in [0.29, 0.717) is 5.82 Å². The first kappa shape index (κ1) is 27.5. The van der Waals surface area contributed by atoms with Crippen molar-refractivity contribution in [3.8, 4) is 22.0 Å². The number of anilines is 1. The van der Waals surface area contributed by atoms with Gasteiger partial charge in [0, 0.05) is 37.1 Å². The van der Waals surface area contributed by atoms with Crippen molar-refractivity contribution in [2.75, 3.05) is 12.4 Å². The molecule has 0 bridgehead atoms. The second kappa shape index (κ2) is 12.0. The Balaban J connectivity index is 1.39. The first-order valence-corrected chi connectivity index (χ1v) is 15.9. The highest BCUT2D eigenvalue weighted by Gasteiger charge is 2.37. The van der Waals surface area contributed by atoms with Gasteiger partial charge in [-0.25, -0.2) is 23.1 Å². The summed E-state index contributed by atoms with van der Waals surface area (Å²) in [6, 6.07) is 8.36. The standard InChI is InChI=1S/C28H35N7O2S2/c1-4-6-21(16-29-3)19-7-5-8-20(15-19)26-30-17-25(28-34-33-18(2)38-28)27(32-26)31-22-9-11-23(12-10-22)35-39(36,37)24-13-14-24/h5-8,15-17,22-24,35H,4,9-14H2,1-3H3,(H,30,31,32)/b21-6+,29-16?. The Hall–Kier alpha value is -3.02. The van der Waals surface area contributed by atoms with Crippen LogP contribution in [0.15, 0.2) is 41.5 Å². The van der Waals surface area contributed by atoms with Crippen molar-refractivity contribution in [1.82, 2.24) is 24.9 Å². The fraction of sp³-hybridized carbons (Fsp3) is 0.464. The summed E-state index contributed by atoms with van der Waals surface area (Å²) >= 11 is 1.51. The summed E-state index contributed by atoms with van der Waals surface area (Å²) in [7, 11) is -1.40. The summed E-state index contributed by atoms with van der Waals surface area (Å²) < 4.78 is 27.7. The van der Waals surface area contributed by atoms with Crippen LogP contribution in [0.3, 0.4) is 0 Å². The van der Waals surface area contributed by atoms with Gasteiger partial charge in [0.15, 0.2) is 10.8 Å². The number of hydrogen-bond donors (Lipinski definition) is 2. The Morgan fingerprint density at radius 3 is 2.56 bits per heavy atom. The van der Waals surface area contributed by atoms with Crippen molar-refractivity contribution in [3.63, 3.8) is 0 Å². The monoisotopic (exact) mass is 565 g/mol. The van der Waals surface area contributed by atoms with Crippen LogP contribution in [0.2, 0.25) is 0 Å². The van der Waals surface area contributed by atoms with Crippen LogP contribution in [-0.4, -0.2) is 59.2 Å². The maximum atomic E-state index is 12.4. The van der Waals surface area contributed by atoms with Crippen molar-refractivity contribution in [2.45, 2.75) is 76.1 Å². The summed E-state index contributed by atoms with van der Waals surface area (Å²) in [5, 5.41) is 13.6. The zero-order chi connectivity index (χ0) is 27.4. The normalized spacial score (nSPS) is 20.4. The minimum Gasteiger partial charge on any atom is -0.367 e. The Morgan fingerprint density at radius 1 is 1.13 bits per heavy atom. The Bertz CT molecular complexity index is 1470. The van der Waals surface area contributed by atoms with Gasteiger partial charge in [0.05, 0.1) is 10.8 Å². The molecule has 0 radical (unpaired) electrons. The highest BCUT2D eigenvalue weighted by molar-refractivity contribution is 7.90. The molecule has 9 nitrogen and oxygen atoms in total. The summed E-state index contributed by atoms with van der Waals surface area (Å²) in [4.78, 5) is 13.9. The summed E-state index contributed by atoms with van der Waals surface area (Å²) in [6.45, 7) is 4.04. The number of aliphatic imine (C=N–C) groups is 1. The largest absolute Gasteiger partial charge is 0.367 e. The number of nitrogens with one attached hydrogen (secondary N) is 2. The van der Waals surface area contributed by atoms with Crippen molar-refractivity contribution in [2.24, 2.45) is 4.99 Å². The lowest BCUT2D eigenvalue weighted by atomic mass is 9.92. The average Bonchev–Trinajstić information content (AvgIpc) is 3.72. The second-order valence-electron chi connectivity index (χ2n) is 10.2. The molecule has 0 aliphatic heterocycles. The van der Waals surface area contributed by atoms with E-state index in [9.17, 15) is 8.42 Å². The topological polar surface area (TPSA) is 122 Å². The zero-order valence-electron chi connectivity index (χ0n) is 22.6. The Morgan fingerprint density at radius 2 is 1.90 bits per heavy atom. The molecule has 2 fully saturated rings. The van der Waals surface area contributed by atoms with E-state index in [4.69, 9.17) is 9.97 Å². The molecule has 2 heterocycles. The number of benzene rings is 1. The number of nitrogens with zero attached hydrogens (tertiary/aromatic N) is 5. The van der Waals surface area contributed by atoms with Crippen LogP contribution in [-0.2, 0) is 10.0 Å². The maximum Gasteiger partial charge on any atom is 0.214 e. The van der Waals surface area contributed by atoms with Crippen LogP contribution in [0.1, 0.15) is 62.4 Å². The molecule has 2 aliphatic rings. The molecule has 0 atom stereocenters. The van der Waals surface area contributed by atoms with Crippen LogP contribution in [0.5, 0.6) is 0 Å². The number of aromatic nitrogens is 4. The number of hydrogen-bond acceptors (Lipinski definition) is 9. The maximum absolute atomic E-state index is 12.4. The Kier molecular flexibility index (Phi) is 8.49. The van der Waals surface area contributed by atoms with Gasteiger partial charge in [-0.1, -0.05) is 42.5 Å². The van der Waals surface area contributed by atoms with Crippen molar-refractivity contribution in [1.29, 1.82) is 0 Å². The third kappa shape index (κ3) is 6.77. The predicted molar refractivity (Wildman–Crippen MR) is 159 cm³/mol. The van der Waals surface area contributed by atoms with Gasteiger partial charge in [0.1, 0.15) is 10.8 Å². The molecule has 2 aliphatic carbocycles. The lowest BCUT2D eigenvalue weighted by molar-refractivity contribution is 0.387. The fourth-order valence-electron chi connectivity index (χ4n) is 4.89. The van der Waals surface area contributed by atoms with Crippen LogP contribution in [0.4, 0.5) is 5.82 Å². The summed E-state index contributed by atoms with van der Waals surface area (Å²) in [6.07, 6.45) is 11.6. The third-order valence-electron chi connectivity index (χ3n) is 7.05. The van der Waals surface area contributed by atoms with E-state index in [1.165, 1.54) is 11.3 Å². The molecule has 0 spiro atoms. The lowest BCUT2D eigenvalue weighted by Gasteiger charge is -2.30. The van der Waals surface area contributed by atoms with Crippen LogP contribution < -0.4 is 10.0 Å². The van der Waals surface area contributed by atoms with Crippen LogP contribution in [0.25, 0.3) is 27.5 Å². The predicted octanol–water partition coefficient (Wildman–Crippen LogP) is 5.27.